The minimum absolute atomic E-state index is 0.283. The van der Waals surface area contributed by atoms with Gasteiger partial charge in [-0.1, -0.05) is 0 Å². The maximum absolute atomic E-state index is 11.3. The van der Waals surface area contributed by atoms with Gasteiger partial charge in [-0.15, -0.1) is 0 Å². The summed E-state index contributed by atoms with van der Waals surface area (Å²) < 4.78 is 0. The molecule has 86 valence electrons. The molecule has 0 unspecified atom stereocenters. The van der Waals surface area contributed by atoms with Crippen LogP contribution >= 0.6 is 0 Å². The molecular weight excluding hydrogens is 192 g/mol. The molecular formula is C11H20N2O2. The van der Waals surface area contributed by atoms with Gasteiger partial charge in [0.1, 0.15) is 0 Å². The Morgan fingerprint density at radius 1 is 1.00 bits per heavy atom. The van der Waals surface area contributed by atoms with Crippen molar-refractivity contribution in [1.29, 1.82) is 0 Å². The van der Waals surface area contributed by atoms with Gasteiger partial charge >= 0.3 is 5.97 Å². The van der Waals surface area contributed by atoms with Crippen LogP contribution in [0.5, 0.6) is 0 Å². The minimum Gasteiger partial charge on any atom is -0.481 e. The molecule has 0 atom stereocenters. The second-order valence-corrected chi connectivity index (χ2v) is 5.50. The molecule has 4 heteroatoms. The molecule has 4 saturated carbocycles. The van der Waals surface area contributed by atoms with Crippen molar-refractivity contribution in [3.8, 4) is 0 Å². The van der Waals surface area contributed by atoms with Gasteiger partial charge < -0.3 is 5.11 Å². The number of hydrogen-bond donors (Lipinski definition) is 3. The highest BCUT2D eigenvalue weighted by atomic mass is 16.4. The molecule has 4 aliphatic carbocycles. The lowest BCUT2D eigenvalue weighted by Gasteiger charge is -2.54. The number of hydrazine groups is 1. The van der Waals surface area contributed by atoms with Crippen molar-refractivity contribution >= 4 is 5.97 Å². The van der Waals surface area contributed by atoms with Crippen LogP contribution < -0.4 is 11.7 Å². The van der Waals surface area contributed by atoms with E-state index in [-0.39, 0.29) is 5.41 Å². The Kier molecular flexibility index (Phi) is 2.73. The van der Waals surface area contributed by atoms with Crippen LogP contribution in [-0.2, 0) is 4.79 Å². The van der Waals surface area contributed by atoms with Crippen molar-refractivity contribution in [3.63, 3.8) is 0 Å². The largest absolute Gasteiger partial charge is 0.481 e. The topological polar surface area (TPSA) is 89.3 Å². The van der Waals surface area contributed by atoms with Crippen LogP contribution in [0.3, 0.4) is 0 Å². The van der Waals surface area contributed by atoms with Gasteiger partial charge in [0, 0.05) is 0 Å². The second-order valence-electron chi connectivity index (χ2n) is 5.50. The van der Waals surface area contributed by atoms with Crippen molar-refractivity contribution in [2.24, 2.45) is 34.9 Å². The molecule has 4 aliphatic rings. The van der Waals surface area contributed by atoms with Crippen LogP contribution in [0.2, 0.25) is 0 Å². The average Bonchev–Trinajstić information content (AvgIpc) is 2.18. The van der Waals surface area contributed by atoms with Gasteiger partial charge in [-0.25, -0.2) is 0 Å². The first kappa shape index (κ1) is 10.9. The second kappa shape index (κ2) is 3.76. The zero-order valence-electron chi connectivity index (χ0n) is 8.98. The lowest BCUT2D eigenvalue weighted by atomic mass is 9.49. The zero-order chi connectivity index (χ0) is 11.1. The molecule has 0 radical (unpaired) electrons. The van der Waals surface area contributed by atoms with Crippen molar-refractivity contribution in [2.75, 3.05) is 0 Å². The Morgan fingerprint density at radius 3 is 1.60 bits per heavy atom. The normalized spacial score (nSPS) is 45.9. The fourth-order valence-electron chi connectivity index (χ4n) is 4.37. The van der Waals surface area contributed by atoms with E-state index in [1.165, 1.54) is 19.3 Å². The summed E-state index contributed by atoms with van der Waals surface area (Å²) in [4.78, 5) is 11.3. The zero-order valence-corrected chi connectivity index (χ0v) is 8.98. The summed E-state index contributed by atoms with van der Waals surface area (Å²) in [5, 5.41) is 9.28. The van der Waals surface area contributed by atoms with Crippen molar-refractivity contribution in [1.82, 2.24) is 0 Å². The summed E-state index contributed by atoms with van der Waals surface area (Å²) in [5.41, 5.74) is -0.283. The van der Waals surface area contributed by atoms with Crippen LogP contribution in [0.1, 0.15) is 38.5 Å². The first-order valence-corrected chi connectivity index (χ1v) is 5.75. The van der Waals surface area contributed by atoms with E-state index >= 15 is 0 Å². The standard InChI is InChI=1S/C11H16O2.H4N2/c12-10(13)11-4-7-1-8(5-11)3-9(2-7)6-11;1-2/h7-9H,1-6H2,(H,12,13);1-2H2. The quantitative estimate of drug-likeness (QED) is 0.448. The summed E-state index contributed by atoms with van der Waals surface area (Å²) in [6.07, 6.45) is 6.92. The Balaban J connectivity index is 0.000000404. The molecule has 0 aliphatic heterocycles. The molecule has 0 amide bonds. The first-order valence-electron chi connectivity index (χ1n) is 5.75. The number of carbonyl (C=O) groups is 1. The summed E-state index contributed by atoms with van der Waals surface area (Å²) in [7, 11) is 0. The van der Waals surface area contributed by atoms with Gasteiger partial charge in [-0.3, -0.25) is 16.5 Å². The van der Waals surface area contributed by atoms with Gasteiger partial charge in [0.05, 0.1) is 5.41 Å². The van der Waals surface area contributed by atoms with Gasteiger partial charge in [0.15, 0.2) is 0 Å². The summed E-state index contributed by atoms with van der Waals surface area (Å²) in [6, 6.07) is 0. The predicted octanol–water partition coefficient (Wildman–Crippen LogP) is 1.11. The molecule has 0 aromatic carbocycles. The molecule has 0 saturated heterocycles. The van der Waals surface area contributed by atoms with Gasteiger partial charge in [0.2, 0.25) is 0 Å². The van der Waals surface area contributed by atoms with Crippen LogP contribution in [0.25, 0.3) is 0 Å². The van der Waals surface area contributed by atoms with Crippen LogP contribution in [0.4, 0.5) is 0 Å². The fourth-order valence-corrected chi connectivity index (χ4v) is 4.37. The van der Waals surface area contributed by atoms with Crippen LogP contribution in [0.15, 0.2) is 0 Å². The van der Waals surface area contributed by atoms with E-state index in [0.29, 0.717) is 0 Å². The van der Waals surface area contributed by atoms with Crippen molar-refractivity contribution < 1.29 is 9.90 Å². The number of carboxylic acids is 1. The minimum atomic E-state index is -0.508. The Hall–Kier alpha value is -0.610. The van der Waals surface area contributed by atoms with E-state index < -0.39 is 5.97 Å². The molecule has 0 heterocycles. The van der Waals surface area contributed by atoms with Crippen LogP contribution in [-0.4, -0.2) is 11.1 Å². The highest BCUT2D eigenvalue weighted by molar-refractivity contribution is 5.75. The summed E-state index contributed by atoms with van der Waals surface area (Å²) in [6.45, 7) is 0. The number of nitrogens with two attached hydrogens (primary N) is 2. The van der Waals surface area contributed by atoms with E-state index in [2.05, 4.69) is 11.7 Å². The number of carboxylic acid groups (broad SMARTS) is 1. The van der Waals surface area contributed by atoms with Crippen molar-refractivity contribution in [2.45, 2.75) is 38.5 Å². The predicted molar refractivity (Wildman–Crippen MR) is 56.6 cm³/mol. The monoisotopic (exact) mass is 212 g/mol. The third-order valence-corrected chi connectivity index (χ3v) is 4.49. The molecule has 4 bridgehead atoms. The molecule has 4 fully saturated rings. The van der Waals surface area contributed by atoms with E-state index in [1.54, 1.807) is 0 Å². The number of rotatable bonds is 1. The third-order valence-electron chi connectivity index (χ3n) is 4.49. The Labute approximate surface area is 90.0 Å². The lowest BCUT2D eigenvalue weighted by Crippen LogP contribution is -2.49. The molecule has 0 aromatic heterocycles. The van der Waals surface area contributed by atoms with Gasteiger partial charge in [-0.05, 0) is 56.3 Å². The van der Waals surface area contributed by atoms with Crippen molar-refractivity contribution in [3.05, 3.63) is 0 Å². The first-order chi connectivity index (χ1) is 7.18. The van der Waals surface area contributed by atoms with E-state index in [0.717, 1.165) is 37.0 Å². The Bertz CT molecular complexity index is 230. The van der Waals surface area contributed by atoms with Gasteiger partial charge in [0.25, 0.3) is 0 Å². The van der Waals surface area contributed by atoms with E-state index in [9.17, 15) is 9.90 Å². The van der Waals surface area contributed by atoms with Gasteiger partial charge in [-0.2, -0.15) is 0 Å². The highest BCUT2D eigenvalue weighted by Crippen LogP contribution is 2.59. The van der Waals surface area contributed by atoms with Crippen LogP contribution in [0, 0.1) is 23.2 Å². The molecule has 4 rings (SSSR count). The molecule has 15 heavy (non-hydrogen) atoms. The lowest BCUT2D eigenvalue weighted by molar-refractivity contribution is -0.164. The Morgan fingerprint density at radius 2 is 1.33 bits per heavy atom. The third kappa shape index (κ3) is 1.66. The molecule has 5 N–H and O–H groups in total. The fraction of sp³-hybridized carbons (Fsp3) is 0.909. The number of aliphatic carboxylic acids is 1. The maximum Gasteiger partial charge on any atom is 0.309 e. The summed E-state index contributed by atoms with van der Waals surface area (Å²) in [5.74, 6) is 9.75. The van der Waals surface area contributed by atoms with E-state index in [4.69, 9.17) is 0 Å². The average molecular weight is 212 g/mol. The smallest absolute Gasteiger partial charge is 0.309 e. The maximum atomic E-state index is 11.3. The highest BCUT2D eigenvalue weighted by Gasteiger charge is 2.54. The number of hydrogen-bond acceptors (Lipinski definition) is 3. The SMILES string of the molecule is NN.O=C(O)C12CC3CC(CC(C3)C1)C2. The molecule has 0 aromatic rings. The molecule has 4 nitrogen and oxygen atoms in total. The molecule has 0 spiro atoms. The summed E-state index contributed by atoms with van der Waals surface area (Å²) >= 11 is 0. The van der Waals surface area contributed by atoms with E-state index in [1.807, 2.05) is 0 Å².